The molecule has 1 heterocycles. The van der Waals surface area contributed by atoms with Crippen LogP contribution in [-0.4, -0.2) is 29.2 Å². The number of H-pyrrole nitrogens is 1. The van der Waals surface area contributed by atoms with Gasteiger partial charge in [0.2, 0.25) is 0 Å². The van der Waals surface area contributed by atoms with Crippen LogP contribution in [0.2, 0.25) is 0 Å². The lowest BCUT2D eigenvalue weighted by molar-refractivity contribution is 0.419. The van der Waals surface area contributed by atoms with Crippen molar-refractivity contribution in [3.63, 3.8) is 0 Å². The number of nitrogens with one attached hydrogen (secondary N) is 1. The summed E-state index contributed by atoms with van der Waals surface area (Å²) < 4.78 is 51.7. The Hall–Kier alpha value is -1.80. The van der Waals surface area contributed by atoms with E-state index in [2.05, 4.69) is 9.97 Å². The summed E-state index contributed by atoms with van der Waals surface area (Å²) in [6.45, 7) is 1.81. The summed E-state index contributed by atoms with van der Waals surface area (Å²) in [6, 6.07) is 3.31. The van der Waals surface area contributed by atoms with Gasteiger partial charge in [-0.25, -0.2) is 22.2 Å². The van der Waals surface area contributed by atoms with Crippen LogP contribution in [0.4, 0.5) is 8.78 Å². The SMILES string of the molecule is CCN(Cc1ccc(F)c(F)c1)S(=O)(=O)c1cnc[nH]1. The normalized spacial score (nSPS) is 12.0. The quantitative estimate of drug-likeness (QED) is 0.917. The molecule has 5 nitrogen and oxygen atoms in total. The van der Waals surface area contributed by atoms with Crippen LogP contribution in [0.15, 0.2) is 35.7 Å². The van der Waals surface area contributed by atoms with E-state index in [1.54, 1.807) is 6.92 Å². The van der Waals surface area contributed by atoms with E-state index in [9.17, 15) is 17.2 Å². The third-order valence-corrected chi connectivity index (χ3v) is 4.63. The first-order valence-electron chi connectivity index (χ1n) is 5.87. The van der Waals surface area contributed by atoms with Crippen LogP contribution in [0.3, 0.4) is 0 Å². The second kappa shape index (κ2) is 5.68. The fourth-order valence-electron chi connectivity index (χ4n) is 1.73. The predicted molar refractivity (Wildman–Crippen MR) is 68.2 cm³/mol. The number of sulfonamides is 1. The van der Waals surface area contributed by atoms with Gasteiger partial charge in [-0.3, -0.25) is 0 Å². The smallest absolute Gasteiger partial charge is 0.260 e. The summed E-state index contributed by atoms with van der Waals surface area (Å²) in [7, 11) is -3.73. The zero-order chi connectivity index (χ0) is 14.8. The van der Waals surface area contributed by atoms with Crippen molar-refractivity contribution in [2.24, 2.45) is 0 Å². The van der Waals surface area contributed by atoms with Crippen molar-refractivity contribution in [3.05, 3.63) is 47.9 Å². The second-order valence-corrected chi connectivity index (χ2v) is 6.00. The number of aromatic nitrogens is 2. The van der Waals surface area contributed by atoms with Crippen LogP contribution in [0.1, 0.15) is 12.5 Å². The molecule has 1 N–H and O–H groups in total. The molecule has 0 saturated carbocycles. The summed E-state index contributed by atoms with van der Waals surface area (Å²) in [5.74, 6) is -1.97. The summed E-state index contributed by atoms with van der Waals surface area (Å²) in [6.07, 6.45) is 2.46. The number of imidazole rings is 1. The number of halogens is 2. The van der Waals surface area contributed by atoms with Gasteiger partial charge >= 0.3 is 0 Å². The molecule has 108 valence electrons. The average Bonchev–Trinajstić information content (AvgIpc) is 2.94. The molecule has 1 aromatic heterocycles. The maximum atomic E-state index is 13.1. The van der Waals surface area contributed by atoms with E-state index in [0.29, 0.717) is 5.56 Å². The maximum Gasteiger partial charge on any atom is 0.260 e. The third-order valence-electron chi connectivity index (χ3n) is 2.79. The Morgan fingerprint density at radius 1 is 1.30 bits per heavy atom. The minimum atomic E-state index is -3.73. The number of nitrogens with zero attached hydrogens (tertiary/aromatic N) is 2. The lowest BCUT2D eigenvalue weighted by atomic mass is 10.2. The Morgan fingerprint density at radius 3 is 2.60 bits per heavy atom. The molecule has 0 spiro atoms. The van der Waals surface area contributed by atoms with Gasteiger partial charge in [0.05, 0.1) is 12.5 Å². The molecule has 2 rings (SSSR count). The van der Waals surface area contributed by atoms with E-state index in [1.165, 1.54) is 18.6 Å². The molecule has 0 aliphatic rings. The Balaban J connectivity index is 2.27. The Labute approximate surface area is 115 Å². The van der Waals surface area contributed by atoms with Crippen molar-refractivity contribution in [3.8, 4) is 0 Å². The summed E-state index contributed by atoms with van der Waals surface area (Å²) >= 11 is 0. The van der Waals surface area contributed by atoms with Crippen LogP contribution in [0, 0.1) is 11.6 Å². The molecule has 0 saturated heterocycles. The highest BCUT2D eigenvalue weighted by Gasteiger charge is 2.24. The van der Waals surface area contributed by atoms with Crippen LogP contribution in [0.5, 0.6) is 0 Å². The van der Waals surface area contributed by atoms with Gasteiger partial charge in [0, 0.05) is 13.1 Å². The van der Waals surface area contributed by atoms with Crippen LogP contribution in [-0.2, 0) is 16.6 Å². The van der Waals surface area contributed by atoms with E-state index in [4.69, 9.17) is 0 Å². The first-order chi connectivity index (χ1) is 9.45. The standard InChI is InChI=1S/C12H13F2N3O2S/c1-2-17(20(18,19)12-6-15-8-16-12)7-9-3-4-10(13)11(14)5-9/h3-6,8H,2,7H2,1H3,(H,15,16). The van der Waals surface area contributed by atoms with Gasteiger partial charge in [-0.05, 0) is 17.7 Å². The molecule has 8 heteroatoms. The summed E-state index contributed by atoms with van der Waals surface area (Å²) in [5, 5.41) is -0.0399. The van der Waals surface area contributed by atoms with Crippen LogP contribution >= 0.6 is 0 Å². The molecular weight excluding hydrogens is 288 g/mol. The molecular formula is C12H13F2N3O2S. The minimum absolute atomic E-state index is 0.0399. The third kappa shape index (κ3) is 2.86. The zero-order valence-corrected chi connectivity index (χ0v) is 11.5. The van der Waals surface area contributed by atoms with E-state index >= 15 is 0 Å². The van der Waals surface area contributed by atoms with Crippen molar-refractivity contribution in [2.45, 2.75) is 18.5 Å². The Bertz CT molecular complexity index is 687. The van der Waals surface area contributed by atoms with E-state index in [1.807, 2.05) is 0 Å². The van der Waals surface area contributed by atoms with Gasteiger partial charge in [-0.1, -0.05) is 13.0 Å². The number of rotatable bonds is 5. The fourth-order valence-corrected chi connectivity index (χ4v) is 3.06. The molecule has 0 aliphatic carbocycles. The predicted octanol–water partition coefficient (Wildman–Crippen LogP) is 1.90. The summed E-state index contributed by atoms with van der Waals surface area (Å²) in [5.41, 5.74) is 0.369. The van der Waals surface area contributed by atoms with Gasteiger partial charge in [0.1, 0.15) is 0 Å². The first kappa shape index (κ1) is 14.6. The van der Waals surface area contributed by atoms with Gasteiger partial charge in [-0.15, -0.1) is 0 Å². The van der Waals surface area contributed by atoms with Crippen LogP contribution in [0.25, 0.3) is 0 Å². The van der Waals surface area contributed by atoms with Gasteiger partial charge in [0.25, 0.3) is 10.0 Å². The highest BCUT2D eigenvalue weighted by atomic mass is 32.2. The summed E-state index contributed by atoms with van der Waals surface area (Å²) in [4.78, 5) is 6.19. The highest BCUT2D eigenvalue weighted by Crippen LogP contribution is 2.17. The second-order valence-electron chi connectivity index (χ2n) is 4.10. The van der Waals surface area contributed by atoms with E-state index < -0.39 is 21.7 Å². The Kier molecular flexibility index (Phi) is 4.15. The molecule has 0 radical (unpaired) electrons. The lowest BCUT2D eigenvalue weighted by Crippen LogP contribution is -2.30. The largest absolute Gasteiger partial charge is 0.335 e. The minimum Gasteiger partial charge on any atom is -0.335 e. The van der Waals surface area contributed by atoms with Crippen molar-refractivity contribution >= 4 is 10.0 Å². The fraction of sp³-hybridized carbons (Fsp3) is 0.250. The van der Waals surface area contributed by atoms with Crippen molar-refractivity contribution in [1.82, 2.24) is 14.3 Å². The topological polar surface area (TPSA) is 66.1 Å². The van der Waals surface area contributed by atoms with Crippen molar-refractivity contribution in [2.75, 3.05) is 6.54 Å². The Morgan fingerprint density at radius 2 is 2.05 bits per heavy atom. The molecule has 0 amide bonds. The molecule has 0 aliphatic heterocycles. The molecule has 2 aromatic rings. The monoisotopic (exact) mass is 301 g/mol. The molecule has 0 unspecified atom stereocenters. The number of hydrogen-bond acceptors (Lipinski definition) is 3. The van der Waals surface area contributed by atoms with E-state index in [0.717, 1.165) is 16.4 Å². The van der Waals surface area contributed by atoms with Crippen LogP contribution < -0.4 is 0 Å². The zero-order valence-electron chi connectivity index (χ0n) is 10.7. The van der Waals surface area contributed by atoms with Crippen molar-refractivity contribution in [1.29, 1.82) is 0 Å². The van der Waals surface area contributed by atoms with Gasteiger partial charge in [-0.2, -0.15) is 4.31 Å². The molecule has 0 atom stereocenters. The number of benzene rings is 1. The van der Waals surface area contributed by atoms with Gasteiger partial charge in [0.15, 0.2) is 16.7 Å². The molecule has 0 bridgehead atoms. The van der Waals surface area contributed by atoms with Gasteiger partial charge < -0.3 is 4.98 Å². The molecule has 20 heavy (non-hydrogen) atoms. The highest BCUT2D eigenvalue weighted by molar-refractivity contribution is 7.89. The number of aromatic amines is 1. The average molecular weight is 301 g/mol. The maximum absolute atomic E-state index is 13.1. The number of hydrogen-bond donors (Lipinski definition) is 1. The molecule has 1 aromatic carbocycles. The first-order valence-corrected chi connectivity index (χ1v) is 7.31. The lowest BCUT2D eigenvalue weighted by Gasteiger charge is -2.19. The molecule has 0 fully saturated rings. The van der Waals surface area contributed by atoms with Crippen molar-refractivity contribution < 1.29 is 17.2 Å². The van der Waals surface area contributed by atoms with E-state index in [-0.39, 0.29) is 18.1 Å².